The number of halogens is 2. The molecule has 2 rings (SSSR count). The predicted octanol–water partition coefficient (Wildman–Crippen LogP) is 2.50. The molecule has 5 heteroatoms. The van der Waals surface area contributed by atoms with Crippen molar-refractivity contribution in [1.82, 2.24) is 9.55 Å². The van der Waals surface area contributed by atoms with Gasteiger partial charge in [0.05, 0.1) is 17.3 Å². The smallest absolute Gasteiger partial charge is 0.253 e. The first kappa shape index (κ1) is 12.0. The maximum atomic E-state index is 13.0. The lowest BCUT2D eigenvalue weighted by Gasteiger charge is -2.06. The minimum Gasteiger partial charge on any atom is -0.295 e. The van der Waals surface area contributed by atoms with E-state index in [1.165, 1.54) is 23.0 Å². The monoisotopic (exact) mass is 296 g/mol. The number of hydrogen-bond donors (Lipinski definition) is 0. The van der Waals surface area contributed by atoms with Crippen LogP contribution in [0.2, 0.25) is 0 Å². The van der Waals surface area contributed by atoms with Gasteiger partial charge in [-0.2, -0.15) is 0 Å². The molecule has 0 unspecified atom stereocenters. The normalized spacial score (nSPS) is 10.5. The minimum absolute atomic E-state index is 0.113. The van der Waals surface area contributed by atoms with E-state index in [9.17, 15) is 9.18 Å². The SMILES string of the molecule is Cc1cc(=O)n(Cc2ccc(F)c(Br)c2)cn1. The summed E-state index contributed by atoms with van der Waals surface area (Å²) in [5.74, 6) is -0.317. The predicted molar refractivity (Wildman–Crippen MR) is 66.4 cm³/mol. The fourth-order valence-electron chi connectivity index (χ4n) is 1.47. The first-order chi connectivity index (χ1) is 8.06. The summed E-state index contributed by atoms with van der Waals surface area (Å²) in [6, 6.07) is 6.14. The second kappa shape index (κ2) is 4.79. The van der Waals surface area contributed by atoms with Crippen LogP contribution in [-0.2, 0) is 6.54 Å². The molecule has 0 N–H and O–H groups in total. The van der Waals surface area contributed by atoms with Gasteiger partial charge in [0.1, 0.15) is 5.82 Å². The lowest BCUT2D eigenvalue weighted by molar-refractivity contribution is 0.619. The van der Waals surface area contributed by atoms with Crippen molar-refractivity contribution in [3.05, 3.63) is 62.5 Å². The molecule has 17 heavy (non-hydrogen) atoms. The number of nitrogens with zero attached hydrogens (tertiary/aromatic N) is 2. The van der Waals surface area contributed by atoms with Crippen LogP contribution in [0.25, 0.3) is 0 Å². The molecular weight excluding hydrogens is 287 g/mol. The number of aromatic nitrogens is 2. The number of benzene rings is 1. The van der Waals surface area contributed by atoms with Gasteiger partial charge in [0.25, 0.3) is 5.56 Å². The summed E-state index contributed by atoms with van der Waals surface area (Å²) in [5.41, 5.74) is 1.41. The van der Waals surface area contributed by atoms with E-state index in [1.807, 2.05) is 0 Å². The Bertz CT molecular complexity index is 610. The Balaban J connectivity index is 2.31. The Hall–Kier alpha value is -1.49. The van der Waals surface area contributed by atoms with Gasteiger partial charge in [-0.25, -0.2) is 9.37 Å². The van der Waals surface area contributed by atoms with E-state index in [1.54, 1.807) is 19.1 Å². The minimum atomic E-state index is -0.317. The third-order valence-corrected chi connectivity index (χ3v) is 2.96. The fourth-order valence-corrected chi connectivity index (χ4v) is 1.90. The zero-order valence-corrected chi connectivity index (χ0v) is 10.7. The average molecular weight is 297 g/mol. The summed E-state index contributed by atoms with van der Waals surface area (Å²) < 4.78 is 14.9. The highest BCUT2D eigenvalue weighted by atomic mass is 79.9. The lowest BCUT2D eigenvalue weighted by atomic mass is 10.2. The molecule has 2 aromatic rings. The Morgan fingerprint density at radius 1 is 1.41 bits per heavy atom. The zero-order valence-electron chi connectivity index (χ0n) is 9.15. The van der Waals surface area contributed by atoms with E-state index in [-0.39, 0.29) is 11.4 Å². The van der Waals surface area contributed by atoms with Crippen LogP contribution >= 0.6 is 15.9 Å². The third-order valence-electron chi connectivity index (χ3n) is 2.35. The van der Waals surface area contributed by atoms with Crippen molar-refractivity contribution in [2.45, 2.75) is 13.5 Å². The van der Waals surface area contributed by atoms with Crippen molar-refractivity contribution >= 4 is 15.9 Å². The van der Waals surface area contributed by atoms with E-state index >= 15 is 0 Å². The molecule has 0 aliphatic rings. The van der Waals surface area contributed by atoms with Gasteiger partial charge in [0.15, 0.2) is 0 Å². The molecule has 0 spiro atoms. The molecule has 0 atom stereocenters. The Morgan fingerprint density at radius 3 is 2.82 bits per heavy atom. The van der Waals surface area contributed by atoms with Gasteiger partial charge in [-0.15, -0.1) is 0 Å². The Morgan fingerprint density at radius 2 is 2.18 bits per heavy atom. The summed E-state index contributed by atoms with van der Waals surface area (Å²) in [4.78, 5) is 15.7. The summed E-state index contributed by atoms with van der Waals surface area (Å²) in [7, 11) is 0. The summed E-state index contributed by atoms with van der Waals surface area (Å²) in [6.45, 7) is 2.14. The van der Waals surface area contributed by atoms with Gasteiger partial charge >= 0.3 is 0 Å². The Labute approximate surface area is 106 Å². The van der Waals surface area contributed by atoms with Crippen LogP contribution in [0.3, 0.4) is 0 Å². The van der Waals surface area contributed by atoms with Crippen molar-refractivity contribution in [3.63, 3.8) is 0 Å². The van der Waals surface area contributed by atoms with Crippen LogP contribution in [0.4, 0.5) is 4.39 Å². The van der Waals surface area contributed by atoms with E-state index in [2.05, 4.69) is 20.9 Å². The number of aryl methyl sites for hydroxylation is 1. The van der Waals surface area contributed by atoms with E-state index < -0.39 is 0 Å². The summed E-state index contributed by atoms with van der Waals surface area (Å²) in [5, 5.41) is 0. The van der Waals surface area contributed by atoms with Crippen LogP contribution in [0.5, 0.6) is 0 Å². The molecule has 1 aromatic heterocycles. The van der Waals surface area contributed by atoms with Crippen molar-refractivity contribution in [1.29, 1.82) is 0 Å². The summed E-state index contributed by atoms with van der Waals surface area (Å²) in [6.07, 6.45) is 1.49. The maximum absolute atomic E-state index is 13.0. The molecule has 0 fully saturated rings. The molecule has 0 saturated carbocycles. The molecule has 0 aliphatic heterocycles. The van der Waals surface area contributed by atoms with Crippen molar-refractivity contribution in [2.75, 3.05) is 0 Å². The first-order valence-electron chi connectivity index (χ1n) is 5.03. The molecule has 88 valence electrons. The summed E-state index contributed by atoms with van der Waals surface area (Å²) >= 11 is 3.11. The van der Waals surface area contributed by atoms with Gasteiger partial charge in [-0.3, -0.25) is 9.36 Å². The van der Waals surface area contributed by atoms with Crippen LogP contribution in [0, 0.1) is 12.7 Å². The maximum Gasteiger partial charge on any atom is 0.253 e. The second-order valence-corrected chi connectivity index (χ2v) is 4.60. The average Bonchev–Trinajstić information content (AvgIpc) is 2.27. The highest BCUT2D eigenvalue weighted by Crippen LogP contribution is 2.17. The molecule has 0 bridgehead atoms. The molecule has 0 radical (unpaired) electrons. The van der Waals surface area contributed by atoms with E-state index in [4.69, 9.17) is 0 Å². The van der Waals surface area contributed by atoms with Gasteiger partial charge < -0.3 is 0 Å². The molecule has 1 heterocycles. The van der Waals surface area contributed by atoms with Crippen LogP contribution in [0.15, 0.2) is 39.9 Å². The molecule has 3 nitrogen and oxygen atoms in total. The van der Waals surface area contributed by atoms with E-state index in [0.717, 1.165) is 5.56 Å². The van der Waals surface area contributed by atoms with Crippen molar-refractivity contribution < 1.29 is 4.39 Å². The third kappa shape index (κ3) is 2.79. The first-order valence-corrected chi connectivity index (χ1v) is 5.82. The molecular formula is C12H10BrFN2O. The highest BCUT2D eigenvalue weighted by Gasteiger charge is 2.03. The topological polar surface area (TPSA) is 34.9 Å². The molecule has 0 amide bonds. The zero-order chi connectivity index (χ0) is 12.4. The van der Waals surface area contributed by atoms with Gasteiger partial charge in [0.2, 0.25) is 0 Å². The van der Waals surface area contributed by atoms with Crippen LogP contribution < -0.4 is 5.56 Å². The van der Waals surface area contributed by atoms with Gasteiger partial charge in [0, 0.05) is 11.8 Å². The van der Waals surface area contributed by atoms with Crippen LogP contribution in [0.1, 0.15) is 11.3 Å². The van der Waals surface area contributed by atoms with Crippen LogP contribution in [-0.4, -0.2) is 9.55 Å². The molecule has 0 saturated heterocycles. The largest absolute Gasteiger partial charge is 0.295 e. The second-order valence-electron chi connectivity index (χ2n) is 3.74. The highest BCUT2D eigenvalue weighted by molar-refractivity contribution is 9.10. The van der Waals surface area contributed by atoms with Crippen molar-refractivity contribution in [3.8, 4) is 0 Å². The van der Waals surface area contributed by atoms with Crippen molar-refractivity contribution in [2.24, 2.45) is 0 Å². The van der Waals surface area contributed by atoms with Gasteiger partial charge in [-0.1, -0.05) is 6.07 Å². The standard InChI is InChI=1S/C12H10BrFN2O/c1-8-4-12(17)16(7-15-8)6-9-2-3-11(14)10(13)5-9/h2-5,7H,6H2,1H3. The van der Waals surface area contributed by atoms with E-state index in [0.29, 0.717) is 16.7 Å². The number of rotatable bonds is 2. The Kier molecular flexibility index (Phi) is 3.38. The quantitative estimate of drug-likeness (QED) is 0.853. The van der Waals surface area contributed by atoms with Gasteiger partial charge in [-0.05, 0) is 40.5 Å². The number of hydrogen-bond acceptors (Lipinski definition) is 2. The fraction of sp³-hybridized carbons (Fsp3) is 0.167. The lowest BCUT2D eigenvalue weighted by Crippen LogP contribution is -2.20. The molecule has 1 aromatic carbocycles. The molecule has 0 aliphatic carbocycles.